The molecule has 0 fully saturated rings. The van der Waals surface area contributed by atoms with Crippen molar-refractivity contribution in [2.45, 2.75) is 10.1 Å². The summed E-state index contributed by atoms with van der Waals surface area (Å²) in [6, 6.07) is 7.70. The number of hydrogen-bond donors (Lipinski definition) is 3. The first-order chi connectivity index (χ1) is 9.79. The first-order valence-corrected chi connectivity index (χ1v) is 6.64. The van der Waals surface area contributed by atoms with Crippen LogP contribution in [0.3, 0.4) is 0 Å². The van der Waals surface area contributed by atoms with Crippen LogP contribution >= 0.6 is 11.8 Å². The van der Waals surface area contributed by atoms with Crippen LogP contribution in [0, 0.1) is 0 Å². The Morgan fingerprint density at radius 2 is 2.15 bits per heavy atom. The Bertz CT molecular complexity index is 770. The van der Waals surface area contributed by atoms with Gasteiger partial charge in [0.05, 0.1) is 11.1 Å². The second kappa shape index (κ2) is 5.22. The Morgan fingerprint density at radius 3 is 2.90 bits per heavy atom. The quantitative estimate of drug-likeness (QED) is 0.296. The van der Waals surface area contributed by atoms with Gasteiger partial charge in [-0.15, -0.1) is 0 Å². The monoisotopic (exact) mass is 285 g/mol. The fourth-order valence-electron chi connectivity index (χ4n) is 1.87. The van der Waals surface area contributed by atoms with Crippen molar-refractivity contribution in [2.24, 2.45) is 10.9 Å². The van der Waals surface area contributed by atoms with E-state index in [2.05, 4.69) is 20.1 Å². The van der Waals surface area contributed by atoms with E-state index in [0.717, 1.165) is 21.0 Å². The highest BCUT2D eigenvalue weighted by atomic mass is 32.2. The Hall–Kier alpha value is -2.54. The minimum Gasteiger partial charge on any atom is -0.409 e. The fourth-order valence-corrected chi connectivity index (χ4v) is 2.85. The average Bonchev–Trinajstić information content (AvgIpc) is 3.00. The van der Waals surface area contributed by atoms with Gasteiger partial charge in [0.25, 0.3) is 0 Å². The summed E-state index contributed by atoms with van der Waals surface area (Å²) < 4.78 is 0. The van der Waals surface area contributed by atoms with Gasteiger partial charge in [0, 0.05) is 28.9 Å². The number of fused-ring (bicyclic) bond motifs is 1. The molecule has 0 bridgehead atoms. The molecule has 1 aromatic carbocycles. The number of hydrogen-bond acceptors (Lipinski definition) is 5. The number of amidine groups is 1. The Kier molecular flexibility index (Phi) is 3.26. The molecule has 7 heteroatoms. The molecule has 2 heterocycles. The van der Waals surface area contributed by atoms with Crippen molar-refractivity contribution in [3.63, 3.8) is 0 Å². The van der Waals surface area contributed by atoms with Gasteiger partial charge in [-0.3, -0.25) is 4.98 Å². The standard InChI is InChI=1S/C13H11N5OS/c14-12(18-19)9-7-17-10-4-2-1-3-8(10)11(9)20-13-15-5-6-16-13/h1-7,19H,(H2,14,18)(H,15,16). The van der Waals surface area contributed by atoms with Gasteiger partial charge in [-0.05, 0) is 6.07 Å². The summed E-state index contributed by atoms with van der Waals surface area (Å²) in [7, 11) is 0. The summed E-state index contributed by atoms with van der Waals surface area (Å²) in [5, 5.41) is 13.6. The van der Waals surface area contributed by atoms with Crippen LogP contribution in [0.4, 0.5) is 0 Å². The lowest BCUT2D eigenvalue weighted by Gasteiger charge is -2.09. The van der Waals surface area contributed by atoms with Crippen LogP contribution in [0.1, 0.15) is 5.56 Å². The van der Waals surface area contributed by atoms with Crippen molar-refractivity contribution in [3.05, 3.63) is 48.4 Å². The molecule has 100 valence electrons. The maximum absolute atomic E-state index is 8.91. The summed E-state index contributed by atoms with van der Waals surface area (Å²) in [4.78, 5) is 12.4. The summed E-state index contributed by atoms with van der Waals surface area (Å²) in [5.74, 6) is 0.0253. The molecule has 0 aliphatic carbocycles. The summed E-state index contributed by atoms with van der Waals surface area (Å²) in [6.45, 7) is 0. The molecule has 0 spiro atoms. The predicted molar refractivity (Wildman–Crippen MR) is 77.0 cm³/mol. The second-order valence-corrected chi connectivity index (χ2v) is 5.00. The minimum atomic E-state index is 0.0253. The topological polar surface area (TPSA) is 100 Å². The van der Waals surface area contributed by atoms with Gasteiger partial charge >= 0.3 is 0 Å². The fraction of sp³-hybridized carbons (Fsp3) is 0. The van der Waals surface area contributed by atoms with E-state index in [1.165, 1.54) is 11.8 Å². The SMILES string of the molecule is N/C(=N/O)c1cnc2ccccc2c1Sc1ncc[nH]1. The number of benzene rings is 1. The third kappa shape index (κ3) is 2.19. The summed E-state index contributed by atoms with van der Waals surface area (Å²) in [6.07, 6.45) is 5.02. The van der Waals surface area contributed by atoms with Crippen molar-refractivity contribution in [1.82, 2.24) is 15.0 Å². The number of nitrogens with zero attached hydrogens (tertiary/aromatic N) is 3. The molecule has 0 radical (unpaired) electrons. The number of aromatic nitrogens is 3. The summed E-state index contributed by atoms with van der Waals surface area (Å²) >= 11 is 1.42. The number of rotatable bonds is 3. The van der Waals surface area contributed by atoms with Gasteiger partial charge in [-0.25, -0.2) is 4.98 Å². The molecule has 6 nitrogen and oxygen atoms in total. The zero-order chi connectivity index (χ0) is 13.9. The van der Waals surface area contributed by atoms with E-state index < -0.39 is 0 Å². The van der Waals surface area contributed by atoms with Crippen LogP contribution in [0.25, 0.3) is 10.9 Å². The van der Waals surface area contributed by atoms with Crippen molar-refractivity contribution in [3.8, 4) is 0 Å². The third-order valence-corrected chi connectivity index (χ3v) is 3.84. The molecule has 4 N–H and O–H groups in total. The molecule has 0 amide bonds. The van der Waals surface area contributed by atoms with E-state index in [0.29, 0.717) is 5.56 Å². The van der Waals surface area contributed by atoms with Crippen molar-refractivity contribution >= 4 is 28.5 Å². The lowest BCUT2D eigenvalue weighted by atomic mass is 10.1. The van der Waals surface area contributed by atoms with Gasteiger partial charge in [0.2, 0.25) is 0 Å². The van der Waals surface area contributed by atoms with Crippen LogP contribution in [0.2, 0.25) is 0 Å². The highest BCUT2D eigenvalue weighted by Gasteiger charge is 2.14. The van der Waals surface area contributed by atoms with Crippen LogP contribution in [-0.4, -0.2) is 26.0 Å². The van der Waals surface area contributed by atoms with E-state index in [1.807, 2.05) is 24.3 Å². The Morgan fingerprint density at radius 1 is 1.30 bits per heavy atom. The zero-order valence-corrected chi connectivity index (χ0v) is 11.1. The number of H-pyrrole nitrogens is 1. The smallest absolute Gasteiger partial charge is 0.172 e. The normalized spacial score (nSPS) is 11.9. The van der Waals surface area contributed by atoms with Gasteiger partial charge in [0.1, 0.15) is 0 Å². The number of oxime groups is 1. The van der Waals surface area contributed by atoms with E-state index >= 15 is 0 Å². The Balaban J connectivity index is 2.23. The second-order valence-electron chi connectivity index (χ2n) is 4.00. The summed E-state index contributed by atoms with van der Waals surface area (Å²) in [5.41, 5.74) is 7.15. The first-order valence-electron chi connectivity index (χ1n) is 5.82. The molecule has 3 aromatic rings. The third-order valence-electron chi connectivity index (χ3n) is 2.78. The number of nitrogens with one attached hydrogen (secondary N) is 1. The van der Waals surface area contributed by atoms with Crippen LogP contribution in [-0.2, 0) is 0 Å². The molecular formula is C13H11N5OS. The lowest BCUT2D eigenvalue weighted by molar-refractivity contribution is 0.318. The van der Waals surface area contributed by atoms with Crippen LogP contribution in [0.15, 0.2) is 58.1 Å². The highest BCUT2D eigenvalue weighted by Crippen LogP contribution is 2.33. The largest absolute Gasteiger partial charge is 0.409 e. The average molecular weight is 285 g/mol. The van der Waals surface area contributed by atoms with Crippen LogP contribution in [0.5, 0.6) is 0 Å². The number of imidazole rings is 1. The molecule has 20 heavy (non-hydrogen) atoms. The molecule has 0 saturated carbocycles. The molecule has 0 saturated heterocycles. The zero-order valence-electron chi connectivity index (χ0n) is 10.3. The molecule has 0 aliphatic heterocycles. The maximum atomic E-state index is 8.91. The molecule has 3 rings (SSSR count). The molecule has 2 aromatic heterocycles. The van der Waals surface area contributed by atoms with E-state index in [-0.39, 0.29) is 5.84 Å². The first kappa shape index (κ1) is 12.5. The number of para-hydroxylation sites is 1. The predicted octanol–water partition coefficient (Wildman–Crippen LogP) is 2.20. The molecule has 0 unspecified atom stereocenters. The van der Waals surface area contributed by atoms with E-state index in [9.17, 15) is 0 Å². The van der Waals surface area contributed by atoms with E-state index in [1.54, 1.807) is 18.6 Å². The number of pyridine rings is 1. The van der Waals surface area contributed by atoms with Gasteiger partial charge in [-0.2, -0.15) is 0 Å². The van der Waals surface area contributed by atoms with Crippen molar-refractivity contribution in [2.75, 3.05) is 0 Å². The number of aromatic amines is 1. The molecule has 0 aliphatic rings. The van der Waals surface area contributed by atoms with Crippen molar-refractivity contribution in [1.29, 1.82) is 0 Å². The van der Waals surface area contributed by atoms with Crippen LogP contribution < -0.4 is 5.73 Å². The Labute approximate surface area is 118 Å². The highest BCUT2D eigenvalue weighted by molar-refractivity contribution is 7.99. The lowest BCUT2D eigenvalue weighted by Crippen LogP contribution is -2.15. The molecule has 0 atom stereocenters. The van der Waals surface area contributed by atoms with E-state index in [4.69, 9.17) is 10.9 Å². The minimum absolute atomic E-state index is 0.0253. The van der Waals surface area contributed by atoms with Gasteiger partial charge in [-0.1, -0.05) is 35.1 Å². The van der Waals surface area contributed by atoms with Gasteiger partial charge in [0.15, 0.2) is 11.0 Å². The maximum Gasteiger partial charge on any atom is 0.172 e. The number of nitrogens with two attached hydrogens (primary N) is 1. The molecular weight excluding hydrogens is 274 g/mol. The van der Waals surface area contributed by atoms with Crippen molar-refractivity contribution < 1.29 is 5.21 Å². The van der Waals surface area contributed by atoms with Gasteiger partial charge < -0.3 is 15.9 Å².